The summed E-state index contributed by atoms with van der Waals surface area (Å²) >= 11 is 0. The van der Waals surface area contributed by atoms with Gasteiger partial charge in [0.2, 0.25) is 0 Å². The Morgan fingerprint density at radius 1 is 1.30 bits per heavy atom. The molecule has 0 bridgehead atoms. The van der Waals surface area contributed by atoms with Gasteiger partial charge in [-0.1, -0.05) is 12.1 Å². The number of benzene rings is 1. The lowest BCUT2D eigenvalue weighted by atomic mass is 10.1. The summed E-state index contributed by atoms with van der Waals surface area (Å²) in [5.41, 5.74) is 4.44. The number of rotatable bonds is 4. The number of aromatic amines is 1. The van der Waals surface area contributed by atoms with Crippen molar-refractivity contribution in [3.63, 3.8) is 0 Å². The highest BCUT2D eigenvalue weighted by atomic mass is 16.5. The summed E-state index contributed by atoms with van der Waals surface area (Å²) in [5, 5.41) is 9.66. The zero-order valence-corrected chi connectivity index (χ0v) is 12.2. The van der Waals surface area contributed by atoms with Gasteiger partial charge in [0.15, 0.2) is 6.61 Å². The van der Waals surface area contributed by atoms with Gasteiger partial charge in [0.05, 0.1) is 17.1 Å². The van der Waals surface area contributed by atoms with Gasteiger partial charge < -0.3 is 10.1 Å². The second kappa shape index (κ2) is 5.77. The molecule has 0 saturated heterocycles. The molecule has 0 aliphatic heterocycles. The van der Waals surface area contributed by atoms with Gasteiger partial charge in [-0.05, 0) is 44.9 Å². The molecule has 2 N–H and O–H groups in total. The van der Waals surface area contributed by atoms with E-state index in [1.807, 2.05) is 45.9 Å². The number of anilines is 1. The van der Waals surface area contributed by atoms with E-state index in [0.29, 0.717) is 0 Å². The largest absolute Gasteiger partial charge is 0.483 e. The Labute approximate surface area is 118 Å². The Bertz CT molecular complexity index is 613. The summed E-state index contributed by atoms with van der Waals surface area (Å²) in [5.74, 6) is 0.541. The van der Waals surface area contributed by atoms with E-state index < -0.39 is 0 Å². The molecule has 0 saturated carbocycles. The van der Waals surface area contributed by atoms with E-state index in [-0.39, 0.29) is 12.5 Å². The highest BCUT2D eigenvalue weighted by Crippen LogP contribution is 2.19. The summed E-state index contributed by atoms with van der Waals surface area (Å²) in [7, 11) is 0. The molecule has 0 unspecified atom stereocenters. The van der Waals surface area contributed by atoms with Crippen LogP contribution in [0.5, 0.6) is 5.75 Å². The first-order chi connectivity index (χ1) is 9.47. The highest BCUT2D eigenvalue weighted by molar-refractivity contribution is 5.92. The van der Waals surface area contributed by atoms with Gasteiger partial charge in [-0.3, -0.25) is 9.89 Å². The number of ether oxygens (including phenoxy) is 1. The van der Waals surface area contributed by atoms with Crippen LogP contribution in [0.25, 0.3) is 0 Å². The van der Waals surface area contributed by atoms with Crippen LogP contribution in [-0.4, -0.2) is 22.7 Å². The number of aromatic nitrogens is 2. The highest BCUT2D eigenvalue weighted by Gasteiger charge is 2.11. The Balaban J connectivity index is 1.97. The van der Waals surface area contributed by atoms with Crippen LogP contribution in [-0.2, 0) is 4.79 Å². The van der Waals surface area contributed by atoms with Gasteiger partial charge in [-0.2, -0.15) is 5.10 Å². The van der Waals surface area contributed by atoms with Crippen molar-refractivity contribution >= 4 is 11.6 Å². The number of amides is 1. The van der Waals surface area contributed by atoms with Crippen LogP contribution in [0.2, 0.25) is 0 Å². The molecule has 2 aromatic rings. The van der Waals surface area contributed by atoms with Crippen molar-refractivity contribution in [2.24, 2.45) is 0 Å². The van der Waals surface area contributed by atoms with Gasteiger partial charge in [-0.25, -0.2) is 0 Å². The minimum atomic E-state index is -0.196. The van der Waals surface area contributed by atoms with Crippen LogP contribution in [0, 0.1) is 27.7 Å². The zero-order valence-electron chi connectivity index (χ0n) is 12.2. The monoisotopic (exact) mass is 273 g/mol. The second-order valence-electron chi connectivity index (χ2n) is 4.91. The molecule has 5 heteroatoms. The summed E-state index contributed by atoms with van der Waals surface area (Å²) in [4.78, 5) is 11.9. The predicted octanol–water partition coefficient (Wildman–Crippen LogP) is 2.66. The van der Waals surface area contributed by atoms with E-state index in [1.54, 1.807) is 0 Å². The fourth-order valence-corrected chi connectivity index (χ4v) is 1.92. The normalized spacial score (nSPS) is 10.4. The lowest BCUT2D eigenvalue weighted by molar-refractivity contribution is -0.118. The zero-order chi connectivity index (χ0) is 14.7. The molecule has 2 rings (SSSR count). The quantitative estimate of drug-likeness (QED) is 0.900. The van der Waals surface area contributed by atoms with Gasteiger partial charge >= 0.3 is 0 Å². The Hall–Kier alpha value is -2.30. The first-order valence-corrected chi connectivity index (χ1v) is 6.49. The van der Waals surface area contributed by atoms with E-state index in [0.717, 1.165) is 34.0 Å². The maximum Gasteiger partial charge on any atom is 0.262 e. The van der Waals surface area contributed by atoms with E-state index in [9.17, 15) is 4.79 Å². The predicted molar refractivity (Wildman–Crippen MR) is 78.1 cm³/mol. The Morgan fingerprint density at radius 2 is 2.05 bits per heavy atom. The molecule has 0 radical (unpaired) electrons. The van der Waals surface area contributed by atoms with E-state index in [2.05, 4.69) is 15.5 Å². The standard InChI is InChI=1S/C15H19N3O2/c1-9-5-6-10(2)13(7-9)20-8-14(19)16-15-11(3)17-18-12(15)4/h5-7H,8H2,1-4H3,(H,16,19)(H,17,18). The number of carbonyl (C=O) groups excluding carboxylic acids is 1. The fraction of sp³-hybridized carbons (Fsp3) is 0.333. The molecule has 20 heavy (non-hydrogen) atoms. The van der Waals surface area contributed by atoms with Crippen molar-refractivity contribution < 1.29 is 9.53 Å². The van der Waals surface area contributed by atoms with Gasteiger partial charge in [0, 0.05) is 0 Å². The maximum absolute atomic E-state index is 11.9. The number of nitrogens with zero attached hydrogens (tertiary/aromatic N) is 1. The van der Waals surface area contributed by atoms with Crippen LogP contribution in [0.1, 0.15) is 22.5 Å². The minimum absolute atomic E-state index is 0.0195. The van der Waals surface area contributed by atoms with Crippen molar-refractivity contribution in [2.45, 2.75) is 27.7 Å². The average Bonchev–Trinajstić information content (AvgIpc) is 2.71. The molecular weight excluding hydrogens is 254 g/mol. The number of hydrogen-bond donors (Lipinski definition) is 2. The molecule has 0 aliphatic rings. The first-order valence-electron chi connectivity index (χ1n) is 6.49. The number of nitrogens with one attached hydrogen (secondary N) is 2. The van der Waals surface area contributed by atoms with Crippen molar-refractivity contribution in [2.75, 3.05) is 11.9 Å². The molecular formula is C15H19N3O2. The van der Waals surface area contributed by atoms with Crippen molar-refractivity contribution in [3.05, 3.63) is 40.7 Å². The third kappa shape index (κ3) is 3.17. The molecule has 5 nitrogen and oxygen atoms in total. The van der Waals surface area contributed by atoms with Gasteiger partial charge in [-0.15, -0.1) is 0 Å². The van der Waals surface area contributed by atoms with E-state index >= 15 is 0 Å². The third-order valence-corrected chi connectivity index (χ3v) is 3.09. The molecule has 1 aromatic heterocycles. The summed E-state index contributed by atoms with van der Waals surface area (Å²) in [6, 6.07) is 5.92. The minimum Gasteiger partial charge on any atom is -0.483 e. The number of H-pyrrole nitrogens is 1. The summed E-state index contributed by atoms with van der Waals surface area (Å²) in [6.07, 6.45) is 0. The lowest BCUT2D eigenvalue weighted by Gasteiger charge is -2.10. The SMILES string of the molecule is Cc1ccc(C)c(OCC(=O)Nc2c(C)n[nH]c2C)c1. The third-order valence-electron chi connectivity index (χ3n) is 3.09. The number of carbonyl (C=O) groups is 1. The van der Waals surface area contributed by atoms with Crippen molar-refractivity contribution in [1.82, 2.24) is 10.2 Å². The fourth-order valence-electron chi connectivity index (χ4n) is 1.92. The van der Waals surface area contributed by atoms with E-state index in [4.69, 9.17) is 4.74 Å². The number of hydrogen-bond acceptors (Lipinski definition) is 3. The summed E-state index contributed by atoms with van der Waals surface area (Å²) in [6.45, 7) is 7.63. The van der Waals surface area contributed by atoms with Crippen molar-refractivity contribution in [1.29, 1.82) is 0 Å². The second-order valence-corrected chi connectivity index (χ2v) is 4.91. The van der Waals surface area contributed by atoms with Gasteiger partial charge in [0.25, 0.3) is 5.91 Å². The Kier molecular flexibility index (Phi) is 4.08. The first kappa shape index (κ1) is 14.1. The van der Waals surface area contributed by atoms with Crippen molar-refractivity contribution in [3.8, 4) is 5.75 Å². The molecule has 0 fully saturated rings. The molecule has 0 atom stereocenters. The van der Waals surface area contributed by atoms with Crippen LogP contribution in [0.3, 0.4) is 0 Å². The average molecular weight is 273 g/mol. The van der Waals surface area contributed by atoms with Crippen LogP contribution in [0.15, 0.2) is 18.2 Å². The molecule has 1 amide bonds. The molecule has 0 aliphatic carbocycles. The molecule has 1 heterocycles. The smallest absolute Gasteiger partial charge is 0.262 e. The molecule has 106 valence electrons. The summed E-state index contributed by atoms with van der Waals surface area (Å²) < 4.78 is 5.57. The topological polar surface area (TPSA) is 67.0 Å². The lowest BCUT2D eigenvalue weighted by Crippen LogP contribution is -2.21. The van der Waals surface area contributed by atoms with Crippen LogP contribution < -0.4 is 10.1 Å². The van der Waals surface area contributed by atoms with E-state index in [1.165, 1.54) is 0 Å². The number of aryl methyl sites for hydroxylation is 4. The van der Waals surface area contributed by atoms with Gasteiger partial charge in [0.1, 0.15) is 5.75 Å². The molecule has 0 spiro atoms. The maximum atomic E-state index is 11.9. The Morgan fingerprint density at radius 3 is 2.70 bits per heavy atom. The van der Waals surface area contributed by atoms with Crippen LogP contribution in [0.4, 0.5) is 5.69 Å². The van der Waals surface area contributed by atoms with Crippen LogP contribution >= 0.6 is 0 Å². The molecule has 1 aromatic carbocycles.